The van der Waals surface area contributed by atoms with Gasteiger partial charge in [-0.25, -0.2) is 4.39 Å². The van der Waals surface area contributed by atoms with Gasteiger partial charge in [-0.1, -0.05) is 18.2 Å². The van der Waals surface area contributed by atoms with E-state index in [2.05, 4.69) is 11.9 Å². The van der Waals surface area contributed by atoms with Gasteiger partial charge in [0, 0.05) is 17.2 Å². The summed E-state index contributed by atoms with van der Waals surface area (Å²) in [4.78, 5) is 0. The van der Waals surface area contributed by atoms with Crippen molar-refractivity contribution >= 4 is 23.0 Å². The van der Waals surface area contributed by atoms with Crippen LogP contribution < -0.4 is 15.8 Å². The lowest BCUT2D eigenvalue weighted by atomic mass is 10.2. The first-order valence-electron chi connectivity index (χ1n) is 4.83. The van der Waals surface area contributed by atoms with Crippen LogP contribution in [0, 0.1) is 5.82 Å². The number of nitrogen functional groups attached to an aromatic ring is 1. The van der Waals surface area contributed by atoms with Crippen LogP contribution in [0.25, 0.3) is 0 Å². The average Bonchev–Trinajstić information content (AvgIpc) is 2.20. The van der Waals surface area contributed by atoms with E-state index < -0.39 is 5.82 Å². The molecule has 0 aromatic heterocycles. The standard InChI is InChI=1S/C11H14ClFN2O/c1-3-16-11-5-10(15-6-7(2)12)9(14)4-8(11)13/h4-5,15H,2-3,6,14H2,1H3. The average molecular weight is 245 g/mol. The van der Waals surface area contributed by atoms with Crippen molar-refractivity contribution in [3.05, 3.63) is 29.6 Å². The van der Waals surface area contributed by atoms with E-state index in [0.717, 1.165) is 0 Å². The Hall–Kier alpha value is -1.42. The third kappa shape index (κ3) is 3.31. The van der Waals surface area contributed by atoms with Crippen molar-refractivity contribution in [2.75, 3.05) is 24.2 Å². The maximum absolute atomic E-state index is 13.3. The molecule has 0 heterocycles. The molecule has 0 fully saturated rings. The van der Waals surface area contributed by atoms with Gasteiger partial charge in [-0.3, -0.25) is 0 Å². The molecule has 3 N–H and O–H groups in total. The molecule has 0 saturated carbocycles. The van der Waals surface area contributed by atoms with E-state index in [1.165, 1.54) is 12.1 Å². The number of hydrogen-bond donors (Lipinski definition) is 2. The second-order valence-electron chi connectivity index (χ2n) is 3.17. The highest BCUT2D eigenvalue weighted by molar-refractivity contribution is 6.29. The Labute approximate surface area is 99.0 Å². The molecule has 0 unspecified atom stereocenters. The predicted octanol–water partition coefficient (Wildman–Crippen LogP) is 2.97. The van der Waals surface area contributed by atoms with Crippen LogP contribution in [0.5, 0.6) is 5.75 Å². The van der Waals surface area contributed by atoms with Crippen LogP contribution in [0.3, 0.4) is 0 Å². The molecule has 1 aromatic rings. The maximum Gasteiger partial charge on any atom is 0.167 e. The van der Waals surface area contributed by atoms with Gasteiger partial charge >= 0.3 is 0 Å². The lowest BCUT2D eigenvalue weighted by molar-refractivity contribution is 0.322. The molecular formula is C11H14ClFN2O. The molecule has 0 saturated heterocycles. The first-order chi connectivity index (χ1) is 7.54. The van der Waals surface area contributed by atoms with E-state index in [1.807, 2.05) is 0 Å². The zero-order chi connectivity index (χ0) is 12.1. The van der Waals surface area contributed by atoms with E-state index in [-0.39, 0.29) is 5.75 Å². The Bertz CT molecular complexity index is 396. The number of ether oxygens (including phenoxy) is 1. The normalized spacial score (nSPS) is 9.94. The molecule has 1 rings (SSSR count). The van der Waals surface area contributed by atoms with Crippen LogP contribution in [0.1, 0.15) is 6.92 Å². The van der Waals surface area contributed by atoms with Crippen molar-refractivity contribution in [1.82, 2.24) is 0 Å². The van der Waals surface area contributed by atoms with E-state index >= 15 is 0 Å². The van der Waals surface area contributed by atoms with Crippen LogP contribution in [-0.4, -0.2) is 13.2 Å². The summed E-state index contributed by atoms with van der Waals surface area (Å²) in [6.45, 7) is 6.07. The highest BCUT2D eigenvalue weighted by Crippen LogP contribution is 2.28. The summed E-state index contributed by atoms with van der Waals surface area (Å²) in [5.41, 5.74) is 6.52. The smallest absolute Gasteiger partial charge is 0.167 e. The van der Waals surface area contributed by atoms with E-state index in [0.29, 0.717) is 29.6 Å². The summed E-state index contributed by atoms with van der Waals surface area (Å²) < 4.78 is 18.5. The molecule has 1 aromatic carbocycles. The van der Waals surface area contributed by atoms with Gasteiger partial charge in [0.25, 0.3) is 0 Å². The van der Waals surface area contributed by atoms with Crippen molar-refractivity contribution < 1.29 is 9.13 Å². The Kier molecular flexibility index (Phi) is 4.43. The zero-order valence-electron chi connectivity index (χ0n) is 9.02. The second-order valence-corrected chi connectivity index (χ2v) is 3.71. The van der Waals surface area contributed by atoms with Gasteiger partial charge in [0.2, 0.25) is 0 Å². The Morgan fingerprint density at radius 1 is 1.62 bits per heavy atom. The highest BCUT2D eigenvalue weighted by atomic mass is 35.5. The lowest BCUT2D eigenvalue weighted by Gasteiger charge is -2.12. The van der Waals surface area contributed by atoms with Gasteiger partial charge in [-0.2, -0.15) is 0 Å². The van der Waals surface area contributed by atoms with Gasteiger partial charge in [0.1, 0.15) is 0 Å². The van der Waals surface area contributed by atoms with Gasteiger partial charge in [0.05, 0.1) is 24.5 Å². The third-order valence-electron chi connectivity index (χ3n) is 1.87. The van der Waals surface area contributed by atoms with Crippen LogP contribution in [0.4, 0.5) is 15.8 Å². The minimum atomic E-state index is -0.477. The number of rotatable bonds is 5. The highest BCUT2D eigenvalue weighted by Gasteiger charge is 2.08. The Morgan fingerprint density at radius 2 is 2.31 bits per heavy atom. The summed E-state index contributed by atoms with van der Waals surface area (Å²) in [7, 11) is 0. The van der Waals surface area contributed by atoms with Crippen LogP contribution in [-0.2, 0) is 0 Å². The number of nitrogens with one attached hydrogen (secondary N) is 1. The minimum absolute atomic E-state index is 0.166. The molecule has 0 aliphatic carbocycles. The molecule has 88 valence electrons. The van der Waals surface area contributed by atoms with Crippen LogP contribution in [0.15, 0.2) is 23.7 Å². The summed E-state index contributed by atoms with van der Waals surface area (Å²) in [5.74, 6) is -0.311. The molecular weight excluding hydrogens is 231 g/mol. The molecule has 3 nitrogen and oxygen atoms in total. The van der Waals surface area contributed by atoms with Crippen molar-refractivity contribution in [3.8, 4) is 5.75 Å². The Balaban J connectivity index is 2.90. The fourth-order valence-corrected chi connectivity index (χ4v) is 1.25. The van der Waals surface area contributed by atoms with E-state index in [1.54, 1.807) is 6.92 Å². The first kappa shape index (κ1) is 12.6. The number of anilines is 2. The quantitative estimate of drug-likeness (QED) is 0.783. The summed E-state index contributed by atoms with van der Waals surface area (Å²) in [6.07, 6.45) is 0. The molecule has 0 aliphatic rings. The SMILES string of the molecule is C=C(Cl)CNc1cc(OCC)c(F)cc1N. The van der Waals surface area contributed by atoms with Crippen molar-refractivity contribution in [3.63, 3.8) is 0 Å². The topological polar surface area (TPSA) is 47.3 Å². The number of benzene rings is 1. The second kappa shape index (κ2) is 5.61. The fourth-order valence-electron chi connectivity index (χ4n) is 1.18. The Morgan fingerprint density at radius 3 is 2.88 bits per heavy atom. The summed E-state index contributed by atoms with van der Waals surface area (Å²) >= 11 is 5.61. The minimum Gasteiger partial charge on any atom is -0.491 e. The molecule has 0 amide bonds. The molecule has 0 aliphatic heterocycles. The largest absolute Gasteiger partial charge is 0.491 e. The molecule has 0 radical (unpaired) electrons. The molecule has 5 heteroatoms. The van der Waals surface area contributed by atoms with E-state index in [9.17, 15) is 4.39 Å². The van der Waals surface area contributed by atoms with Gasteiger partial charge in [0.15, 0.2) is 11.6 Å². The molecule has 0 atom stereocenters. The predicted molar refractivity (Wildman–Crippen MR) is 65.5 cm³/mol. The number of hydrogen-bond acceptors (Lipinski definition) is 3. The fraction of sp³-hybridized carbons (Fsp3) is 0.273. The zero-order valence-corrected chi connectivity index (χ0v) is 9.77. The third-order valence-corrected chi connectivity index (χ3v) is 2.01. The summed E-state index contributed by atoms with van der Waals surface area (Å²) in [6, 6.07) is 2.72. The number of nitrogens with two attached hydrogens (primary N) is 1. The van der Waals surface area contributed by atoms with E-state index in [4.69, 9.17) is 22.1 Å². The van der Waals surface area contributed by atoms with Crippen molar-refractivity contribution in [2.45, 2.75) is 6.92 Å². The molecule has 0 spiro atoms. The molecule has 16 heavy (non-hydrogen) atoms. The van der Waals surface area contributed by atoms with Gasteiger partial charge in [-0.05, 0) is 6.92 Å². The van der Waals surface area contributed by atoms with Gasteiger partial charge < -0.3 is 15.8 Å². The molecule has 0 bridgehead atoms. The first-order valence-corrected chi connectivity index (χ1v) is 5.21. The van der Waals surface area contributed by atoms with Gasteiger partial charge in [-0.15, -0.1) is 0 Å². The van der Waals surface area contributed by atoms with Crippen LogP contribution >= 0.6 is 11.6 Å². The van der Waals surface area contributed by atoms with Crippen LogP contribution in [0.2, 0.25) is 0 Å². The number of halogens is 2. The monoisotopic (exact) mass is 244 g/mol. The maximum atomic E-state index is 13.3. The lowest BCUT2D eigenvalue weighted by Crippen LogP contribution is -2.05. The van der Waals surface area contributed by atoms with Crippen molar-refractivity contribution in [1.29, 1.82) is 0 Å². The van der Waals surface area contributed by atoms with Crippen molar-refractivity contribution in [2.24, 2.45) is 0 Å². The summed E-state index contributed by atoms with van der Waals surface area (Å²) in [5, 5.41) is 3.38.